The van der Waals surface area contributed by atoms with Crippen molar-refractivity contribution in [2.24, 2.45) is 5.92 Å². The number of phenols is 2. The van der Waals surface area contributed by atoms with Gasteiger partial charge in [0.25, 0.3) is 0 Å². The Morgan fingerprint density at radius 2 is 2.00 bits per heavy atom. The molecule has 3 N–H and O–H groups in total. The highest BCUT2D eigenvalue weighted by atomic mass is 16.5. The van der Waals surface area contributed by atoms with Gasteiger partial charge in [-0.3, -0.25) is 0 Å². The van der Waals surface area contributed by atoms with Crippen LogP contribution >= 0.6 is 0 Å². The van der Waals surface area contributed by atoms with Crippen molar-refractivity contribution in [1.29, 1.82) is 0 Å². The van der Waals surface area contributed by atoms with Crippen molar-refractivity contribution in [1.82, 2.24) is 5.32 Å². The molecule has 1 saturated heterocycles. The standard InChI is InChI=1S/C14H21NO3/c1-10(12-4-6-18-7-5-12)15-9-11-2-3-13(16)14(17)8-11/h2-3,8,10,12,15-17H,4-7,9H2,1H3. The normalized spacial score (nSPS) is 18.7. The Kier molecular flexibility index (Phi) is 4.44. The van der Waals surface area contributed by atoms with Gasteiger partial charge in [-0.1, -0.05) is 6.07 Å². The Hall–Kier alpha value is -1.26. The van der Waals surface area contributed by atoms with Gasteiger partial charge in [0, 0.05) is 25.8 Å². The second-order valence-corrected chi connectivity index (χ2v) is 4.94. The molecule has 1 fully saturated rings. The maximum absolute atomic E-state index is 9.42. The first-order valence-electron chi connectivity index (χ1n) is 6.49. The van der Waals surface area contributed by atoms with Crippen LogP contribution in [0.1, 0.15) is 25.3 Å². The predicted molar refractivity (Wildman–Crippen MR) is 69.6 cm³/mol. The minimum Gasteiger partial charge on any atom is -0.504 e. The molecule has 0 spiro atoms. The van der Waals surface area contributed by atoms with E-state index in [0.29, 0.717) is 18.5 Å². The first-order valence-corrected chi connectivity index (χ1v) is 6.49. The summed E-state index contributed by atoms with van der Waals surface area (Å²) in [4.78, 5) is 0. The van der Waals surface area contributed by atoms with Crippen molar-refractivity contribution < 1.29 is 14.9 Å². The molecule has 1 heterocycles. The van der Waals surface area contributed by atoms with E-state index in [1.807, 2.05) is 6.07 Å². The number of rotatable bonds is 4. The van der Waals surface area contributed by atoms with Crippen LogP contribution in [0.4, 0.5) is 0 Å². The van der Waals surface area contributed by atoms with Gasteiger partial charge in [0.2, 0.25) is 0 Å². The monoisotopic (exact) mass is 251 g/mol. The fourth-order valence-electron chi connectivity index (χ4n) is 2.34. The number of hydrogen-bond donors (Lipinski definition) is 3. The van der Waals surface area contributed by atoms with Gasteiger partial charge in [0.1, 0.15) is 0 Å². The average molecular weight is 251 g/mol. The zero-order valence-electron chi connectivity index (χ0n) is 10.7. The third-order valence-corrected chi connectivity index (χ3v) is 3.64. The van der Waals surface area contributed by atoms with Gasteiger partial charge in [0.15, 0.2) is 11.5 Å². The first kappa shape index (κ1) is 13.2. The number of hydrogen-bond acceptors (Lipinski definition) is 4. The second-order valence-electron chi connectivity index (χ2n) is 4.94. The summed E-state index contributed by atoms with van der Waals surface area (Å²) < 4.78 is 5.35. The van der Waals surface area contributed by atoms with E-state index in [0.717, 1.165) is 31.6 Å². The number of ether oxygens (including phenoxy) is 1. The quantitative estimate of drug-likeness (QED) is 0.716. The molecule has 0 radical (unpaired) electrons. The van der Waals surface area contributed by atoms with Gasteiger partial charge in [-0.05, 0) is 43.4 Å². The van der Waals surface area contributed by atoms with Gasteiger partial charge in [-0.25, -0.2) is 0 Å². The molecule has 0 saturated carbocycles. The average Bonchev–Trinajstić information content (AvgIpc) is 2.41. The van der Waals surface area contributed by atoms with Gasteiger partial charge in [-0.2, -0.15) is 0 Å². The molecule has 0 aromatic heterocycles. The molecule has 1 atom stereocenters. The number of phenolic OH excluding ortho intramolecular Hbond substituents is 2. The number of aromatic hydroxyl groups is 2. The van der Waals surface area contributed by atoms with Crippen molar-refractivity contribution in [3.8, 4) is 11.5 Å². The van der Waals surface area contributed by atoms with E-state index in [9.17, 15) is 10.2 Å². The number of benzene rings is 1. The van der Waals surface area contributed by atoms with E-state index in [1.165, 1.54) is 6.07 Å². The van der Waals surface area contributed by atoms with E-state index < -0.39 is 0 Å². The molecule has 1 aromatic carbocycles. The molecule has 1 aliphatic heterocycles. The van der Waals surface area contributed by atoms with E-state index in [1.54, 1.807) is 6.07 Å². The summed E-state index contributed by atoms with van der Waals surface area (Å²) in [6, 6.07) is 5.37. The Morgan fingerprint density at radius 1 is 1.28 bits per heavy atom. The Morgan fingerprint density at radius 3 is 2.67 bits per heavy atom. The molecule has 18 heavy (non-hydrogen) atoms. The van der Waals surface area contributed by atoms with E-state index >= 15 is 0 Å². The summed E-state index contributed by atoms with van der Waals surface area (Å²) in [6.45, 7) is 4.61. The minimum atomic E-state index is -0.0729. The van der Waals surface area contributed by atoms with Crippen LogP contribution in [0.15, 0.2) is 18.2 Å². The van der Waals surface area contributed by atoms with E-state index in [-0.39, 0.29) is 11.5 Å². The molecular weight excluding hydrogens is 230 g/mol. The molecule has 0 amide bonds. The highest BCUT2D eigenvalue weighted by molar-refractivity contribution is 5.40. The van der Waals surface area contributed by atoms with Gasteiger partial charge < -0.3 is 20.3 Å². The van der Waals surface area contributed by atoms with Crippen molar-refractivity contribution in [3.05, 3.63) is 23.8 Å². The third-order valence-electron chi connectivity index (χ3n) is 3.64. The number of nitrogens with one attached hydrogen (secondary N) is 1. The van der Waals surface area contributed by atoms with Crippen molar-refractivity contribution >= 4 is 0 Å². The SMILES string of the molecule is CC(NCc1ccc(O)c(O)c1)C1CCOCC1. The van der Waals surface area contributed by atoms with Gasteiger partial charge in [-0.15, -0.1) is 0 Å². The fraction of sp³-hybridized carbons (Fsp3) is 0.571. The smallest absolute Gasteiger partial charge is 0.157 e. The molecule has 4 heteroatoms. The molecular formula is C14H21NO3. The highest BCUT2D eigenvalue weighted by Crippen LogP contribution is 2.25. The molecule has 1 aromatic rings. The largest absolute Gasteiger partial charge is 0.504 e. The molecule has 4 nitrogen and oxygen atoms in total. The van der Waals surface area contributed by atoms with Crippen LogP contribution in [-0.4, -0.2) is 29.5 Å². The lowest BCUT2D eigenvalue weighted by Crippen LogP contribution is -2.36. The minimum absolute atomic E-state index is 0.0620. The Balaban J connectivity index is 1.84. The van der Waals surface area contributed by atoms with Gasteiger partial charge in [0.05, 0.1) is 0 Å². The van der Waals surface area contributed by atoms with Crippen molar-refractivity contribution in [3.63, 3.8) is 0 Å². The Labute approximate surface area is 108 Å². The summed E-state index contributed by atoms with van der Waals surface area (Å²) >= 11 is 0. The predicted octanol–water partition coefficient (Wildman–Crippen LogP) is 2.00. The molecule has 100 valence electrons. The lowest BCUT2D eigenvalue weighted by atomic mass is 9.93. The summed E-state index contributed by atoms with van der Waals surface area (Å²) in [6.07, 6.45) is 2.21. The van der Waals surface area contributed by atoms with Crippen LogP contribution < -0.4 is 5.32 Å². The lowest BCUT2D eigenvalue weighted by Gasteiger charge is -2.28. The van der Waals surface area contributed by atoms with Crippen LogP contribution in [0.5, 0.6) is 11.5 Å². The van der Waals surface area contributed by atoms with Crippen LogP contribution in [-0.2, 0) is 11.3 Å². The molecule has 0 aliphatic carbocycles. The first-order chi connectivity index (χ1) is 8.66. The highest BCUT2D eigenvalue weighted by Gasteiger charge is 2.19. The maximum atomic E-state index is 9.42. The molecule has 1 aliphatic rings. The molecule has 2 rings (SSSR count). The summed E-state index contributed by atoms with van der Waals surface area (Å²) in [7, 11) is 0. The zero-order chi connectivity index (χ0) is 13.0. The summed E-state index contributed by atoms with van der Waals surface area (Å²) in [5.41, 5.74) is 0.976. The molecule has 1 unspecified atom stereocenters. The third kappa shape index (κ3) is 3.37. The zero-order valence-corrected chi connectivity index (χ0v) is 10.7. The second kappa shape index (κ2) is 6.07. The van der Waals surface area contributed by atoms with Crippen LogP contribution in [0.3, 0.4) is 0 Å². The maximum Gasteiger partial charge on any atom is 0.157 e. The fourth-order valence-corrected chi connectivity index (χ4v) is 2.34. The summed E-state index contributed by atoms with van der Waals surface area (Å²) in [5, 5.41) is 22.1. The van der Waals surface area contributed by atoms with Crippen molar-refractivity contribution in [2.75, 3.05) is 13.2 Å². The van der Waals surface area contributed by atoms with Crippen LogP contribution in [0.25, 0.3) is 0 Å². The van der Waals surface area contributed by atoms with Crippen LogP contribution in [0, 0.1) is 5.92 Å². The topological polar surface area (TPSA) is 61.7 Å². The lowest BCUT2D eigenvalue weighted by molar-refractivity contribution is 0.0558. The van der Waals surface area contributed by atoms with Crippen molar-refractivity contribution in [2.45, 2.75) is 32.4 Å². The van der Waals surface area contributed by atoms with Gasteiger partial charge >= 0.3 is 0 Å². The van der Waals surface area contributed by atoms with E-state index in [4.69, 9.17) is 4.74 Å². The van der Waals surface area contributed by atoms with Crippen LogP contribution in [0.2, 0.25) is 0 Å². The van der Waals surface area contributed by atoms with E-state index in [2.05, 4.69) is 12.2 Å². The summed E-state index contributed by atoms with van der Waals surface area (Å²) in [5.74, 6) is 0.522. The molecule has 0 bridgehead atoms. The Bertz CT molecular complexity index is 389.